The number of hydrogen-bond acceptors (Lipinski definition) is 3. The summed E-state index contributed by atoms with van der Waals surface area (Å²) in [4.78, 5) is 26.2. The van der Waals surface area contributed by atoms with Gasteiger partial charge in [0.1, 0.15) is 5.82 Å². The van der Waals surface area contributed by atoms with Gasteiger partial charge in [0.25, 0.3) is 5.91 Å². The van der Waals surface area contributed by atoms with E-state index in [1.54, 1.807) is 0 Å². The van der Waals surface area contributed by atoms with E-state index in [4.69, 9.17) is 0 Å². The molecule has 1 aliphatic rings. The standard InChI is InChI=1S/C23H28FN3O2/c1-16-6-5-11-27(14-16)15-20-8-4-3-7-19(20)13-25-23(29)18-9-10-21(24)22(12-18)26-17(2)28/h3-4,7-10,12,16H,5-6,11,13-15H2,1-2H3,(H,25,29)(H,26,28). The normalized spacial score (nSPS) is 17.0. The molecule has 0 spiro atoms. The van der Waals surface area contributed by atoms with E-state index in [-0.39, 0.29) is 17.5 Å². The van der Waals surface area contributed by atoms with Crippen molar-refractivity contribution in [3.05, 3.63) is 65.0 Å². The molecule has 1 fully saturated rings. The molecule has 0 aliphatic carbocycles. The Hall–Kier alpha value is -2.73. The molecule has 5 nitrogen and oxygen atoms in total. The molecule has 1 unspecified atom stereocenters. The highest BCUT2D eigenvalue weighted by molar-refractivity contribution is 5.96. The van der Waals surface area contributed by atoms with Crippen LogP contribution in [0.3, 0.4) is 0 Å². The number of likely N-dealkylation sites (tertiary alicyclic amines) is 1. The van der Waals surface area contributed by atoms with E-state index in [9.17, 15) is 14.0 Å². The Labute approximate surface area is 171 Å². The molecule has 2 aromatic rings. The van der Waals surface area contributed by atoms with Crippen molar-refractivity contribution >= 4 is 17.5 Å². The van der Waals surface area contributed by atoms with Gasteiger partial charge in [-0.3, -0.25) is 14.5 Å². The highest BCUT2D eigenvalue weighted by atomic mass is 19.1. The minimum absolute atomic E-state index is 0.00442. The Morgan fingerprint density at radius 1 is 1.17 bits per heavy atom. The molecule has 154 valence electrons. The average molecular weight is 397 g/mol. The number of piperidine rings is 1. The number of carbonyl (C=O) groups is 2. The Morgan fingerprint density at radius 2 is 1.93 bits per heavy atom. The smallest absolute Gasteiger partial charge is 0.251 e. The molecule has 6 heteroatoms. The molecule has 1 aliphatic heterocycles. The van der Waals surface area contributed by atoms with E-state index >= 15 is 0 Å². The van der Waals surface area contributed by atoms with Crippen LogP contribution in [0.4, 0.5) is 10.1 Å². The molecule has 3 rings (SSSR count). The van der Waals surface area contributed by atoms with Crippen molar-refractivity contribution in [3.63, 3.8) is 0 Å². The number of rotatable bonds is 6. The molecular formula is C23H28FN3O2. The number of benzene rings is 2. The fourth-order valence-electron chi connectivity index (χ4n) is 3.78. The number of carbonyl (C=O) groups excluding carboxylic acids is 2. The van der Waals surface area contributed by atoms with Gasteiger partial charge in [-0.1, -0.05) is 31.2 Å². The summed E-state index contributed by atoms with van der Waals surface area (Å²) >= 11 is 0. The summed E-state index contributed by atoms with van der Waals surface area (Å²) in [7, 11) is 0. The summed E-state index contributed by atoms with van der Waals surface area (Å²) in [5.41, 5.74) is 2.59. The molecule has 2 amide bonds. The van der Waals surface area contributed by atoms with Gasteiger partial charge in [-0.25, -0.2) is 4.39 Å². The van der Waals surface area contributed by atoms with Crippen LogP contribution in [0, 0.1) is 11.7 Å². The van der Waals surface area contributed by atoms with Crippen LogP contribution in [-0.2, 0) is 17.9 Å². The number of nitrogens with zero attached hydrogens (tertiary/aromatic N) is 1. The highest BCUT2D eigenvalue weighted by Gasteiger charge is 2.17. The second-order valence-corrected chi connectivity index (χ2v) is 7.81. The minimum Gasteiger partial charge on any atom is -0.348 e. The molecule has 1 atom stereocenters. The largest absolute Gasteiger partial charge is 0.348 e. The molecule has 0 bridgehead atoms. The van der Waals surface area contributed by atoms with Crippen molar-refractivity contribution in [1.82, 2.24) is 10.2 Å². The summed E-state index contributed by atoms with van der Waals surface area (Å²) in [5, 5.41) is 5.31. The van der Waals surface area contributed by atoms with Crippen molar-refractivity contribution < 1.29 is 14.0 Å². The van der Waals surface area contributed by atoms with Crippen LogP contribution in [0.15, 0.2) is 42.5 Å². The van der Waals surface area contributed by atoms with E-state index in [0.29, 0.717) is 18.0 Å². The topological polar surface area (TPSA) is 61.4 Å². The summed E-state index contributed by atoms with van der Waals surface area (Å²) in [6.07, 6.45) is 2.51. The molecule has 2 aromatic carbocycles. The molecule has 0 aromatic heterocycles. The Balaban J connectivity index is 1.65. The van der Waals surface area contributed by atoms with Crippen LogP contribution >= 0.6 is 0 Å². The molecular weight excluding hydrogens is 369 g/mol. The Bertz CT molecular complexity index is 884. The second kappa shape index (κ2) is 9.65. The van der Waals surface area contributed by atoms with Crippen molar-refractivity contribution in [2.75, 3.05) is 18.4 Å². The number of amides is 2. The summed E-state index contributed by atoms with van der Waals surface area (Å²) in [6.45, 7) is 7.06. The third-order valence-corrected chi connectivity index (χ3v) is 5.23. The molecule has 0 saturated carbocycles. The Morgan fingerprint density at radius 3 is 2.66 bits per heavy atom. The van der Waals surface area contributed by atoms with Crippen LogP contribution in [0.25, 0.3) is 0 Å². The lowest BCUT2D eigenvalue weighted by molar-refractivity contribution is -0.114. The molecule has 0 radical (unpaired) electrons. The SMILES string of the molecule is CC(=O)Nc1cc(C(=O)NCc2ccccc2CN2CCCC(C)C2)ccc1F. The van der Waals surface area contributed by atoms with E-state index < -0.39 is 5.82 Å². The quantitative estimate of drug-likeness (QED) is 0.776. The predicted molar refractivity (Wildman–Crippen MR) is 112 cm³/mol. The zero-order valence-corrected chi connectivity index (χ0v) is 17.0. The van der Waals surface area contributed by atoms with Gasteiger partial charge in [-0.05, 0) is 54.6 Å². The first-order chi connectivity index (χ1) is 13.9. The van der Waals surface area contributed by atoms with Crippen molar-refractivity contribution in [2.24, 2.45) is 5.92 Å². The molecule has 29 heavy (non-hydrogen) atoms. The second-order valence-electron chi connectivity index (χ2n) is 7.81. The summed E-state index contributed by atoms with van der Waals surface area (Å²) in [6, 6.07) is 12.1. The van der Waals surface area contributed by atoms with Crippen LogP contribution in [-0.4, -0.2) is 29.8 Å². The third kappa shape index (κ3) is 5.87. The van der Waals surface area contributed by atoms with Gasteiger partial charge < -0.3 is 10.6 Å². The monoisotopic (exact) mass is 397 g/mol. The first-order valence-electron chi connectivity index (χ1n) is 10.1. The van der Waals surface area contributed by atoms with Gasteiger partial charge in [-0.2, -0.15) is 0 Å². The van der Waals surface area contributed by atoms with E-state index in [1.165, 1.54) is 43.5 Å². The van der Waals surface area contributed by atoms with Gasteiger partial charge in [0.05, 0.1) is 5.69 Å². The maximum atomic E-state index is 13.8. The lowest BCUT2D eigenvalue weighted by Gasteiger charge is -2.31. The van der Waals surface area contributed by atoms with Gasteiger partial charge >= 0.3 is 0 Å². The first kappa shape index (κ1) is 21.0. The number of hydrogen-bond donors (Lipinski definition) is 2. The fourth-order valence-corrected chi connectivity index (χ4v) is 3.78. The lowest BCUT2D eigenvalue weighted by Crippen LogP contribution is -2.34. The number of anilines is 1. The van der Waals surface area contributed by atoms with Crippen LogP contribution in [0.2, 0.25) is 0 Å². The zero-order chi connectivity index (χ0) is 20.8. The van der Waals surface area contributed by atoms with Gasteiger partial charge in [0, 0.05) is 32.1 Å². The zero-order valence-electron chi connectivity index (χ0n) is 17.0. The van der Waals surface area contributed by atoms with E-state index in [2.05, 4.69) is 28.5 Å². The predicted octanol–water partition coefficient (Wildman–Crippen LogP) is 3.95. The number of nitrogens with one attached hydrogen (secondary N) is 2. The number of halogens is 1. The maximum Gasteiger partial charge on any atom is 0.251 e. The van der Waals surface area contributed by atoms with Gasteiger partial charge in [-0.15, -0.1) is 0 Å². The van der Waals surface area contributed by atoms with Crippen LogP contribution in [0.1, 0.15) is 48.2 Å². The maximum absolute atomic E-state index is 13.8. The minimum atomic E-state index is -0.571. The summed E-state index contributed by atoms with van der Waals surface area (Å²) < 4.78 is 13.8. The average Bonchev–Trinajstić information content (AvgIpc) is 2.68. The first-order valence-corrected chi connectivity index (χ1v) is 10.1. The molecule has 1 heterocycles. The Kier molecular flexibility index (Phi) is 6.99. The van der Waals surface area contributed by atoms with Crippen LogP contribution < -0.4 is 10.6 Å². The fraction of sp³-hybridized carbons (Fsp3) is 0.391. The van der Waals surface area contributed by atoms with Crippen molar-refractivity contribution in [1.29, 1.82) is 0 Å². The lowest BCUT2D eigenvalue weighted by atomic mass is 9.99. The van der Waals surface area contributed by atoms with Gasteiger partial charge in [0.15, 0.2) is 0 Å². The van der Waals surface area contributed by atoms with E-state index in [1.807, 2.05) is 18.2 Å². The van der Waals surface area contributed by atoms with E-state index in [0.717, 1.165) is 25.2 Å². The van der Waals surface area contributed by atoms with Crippen LogP contribution in [0.5, 0.6) is 0 Å². The van der Waals surface area contributed by atoms with Crippen molar-refractivity contribution in [2.45, 2.75) is 39.8 Å². The highest BCUT2D eigenvalue weighted by Crippen LogP contribution is 2.20. The van der Waals surface area contributed by atoms with Crippen molar-refractivity contribution in [3.8, 4) is 0 Å². The molecule has 1 saturated heterocycles. The summed E-state index contributed by atoms with van der Waals surface area (Å²) in [5.74, 6) is -0.551. The third-order valence-electron chi connectivity index (χ3n) is 5.23. The van der Waals surface area contributed by atoms with Gasteiger partial charge in [0.2, 0.25) is 5.91 Å². The molecule has 2 N–H and O–H groups in total.